The quantitative estimate of drug-likeness (QED) is 0.457. The molecule has 0 unspecified atom stereocenters. The number of thioether (sulfide) groups is 1. The van der Waals surface area contributed by atoms with Crippen LogP contribution in [0.25, 0.3) is 11.3 Å². The Morgan fingerprint density at radius 3 is 2.39 bits per heavy atom. The molecule has 2 aromatic rings. The Balaban J connectivity index is 2.73. The Labute approximate surface area is 139 Å². The maximum Gasteiger partial charge on any atom is 0.341 e. The van der Waals surface area contributed by atoms with E-state index in [4.69, 9.17) is 14.2 Å². The largest absolute Gasteiger partial charge is 0.496 e. The second-order valence-corrected chi connectivity index (χ2v) is 5.15. The number of esters is 1. The summed E-state index contributed by atoms with van der Waals surface area (Å²) in [7, 11) is 3.11. The van der Waals surface area contributed by atoms with Crippen molar-refractivity contribution in [2.45, 2.75) is 12.1 Å². The number of rotatable bonds is 6. The summed E-state index contributed by atoms with van der Waals surface area (Å²) in [6.45, 7) is 2.02. The van der Waals surface area contributed by atoms with Crippen molar-refractivity contribution in [1.82, 2.24) is 9.97 Å². The van der Waals surface area contributed by atoms with Gasteiger partial charge in [0.05, 0.1) is 32.1 Å². The third kappa shape index (κ3) is 3.56. The highest BCUT2D eigenvalue weighted by atomic mass is 32.2. The Kier molecular flexibility index (Phi) is 5.81. The van der Waals surface area contributed by atoms with Crippen molar-refractivity contribution in [3.8, 4) is 22.8 Å². The molecule has 6 nitrogen and oxygen atoms in total. The summed E-state index contributed by atoms with van der Waals surface area (Å²) in [4.78, 5) is 20.9. The fourth-order valence-corrected chi connectivity index (χ4v) is 2.44. The first kappa shape index (κ1) is 17.1. The summed E-state index contributed by atoms with van der Waals surface area (Å²) in [6.07, 6.45) is 3.33. The van der Waals surface area contributed by atoms with Gasteiger partial charge in [0.25, 0.3) is 0 Å². The molecule has 0 bridgehead atoms. The van der Waals surface area contributed by atoms with Crippen LogP contribution >= 0.6 is 11.8 Å². The lowest BCUT2D eigenvalue weighted by atomic mass is 10.0. The van der Waals surface area contributed by atoms with Crippen LogP contribution in [0.5, 0.6) is 11.5 Å². The fourth-order valence-electron chi connectivity index (χ4n) is 2.10. The number of ether oxygens (including phenoxy) is 3. The molecule has 0 radical (unpaired) electrons. The Morgan fingerprint density at radius 2 is 1.87 bits per heavy atom. The number of methoxy groups -OCH3 is 2. The first-order chi connectivity index (χ1) is 11.2. The molecule has 1 heterocycles. The van der Waals surface area contributed by atoms with E-state index in [2.05, 4.69) is 9.97 Å². The molecule has 0 aliphatic carbocycles. The molecule has 0 N–H and O–H groups in total. The smallest absolute Gasteiger partial charge is 0.341 e. The third-order valence-corrected chi connectivity index (χ3v) is 3.67. The third-order valence-electron chi connectivity index (χ3n) is 3.11. The maximum atomic E-state index is 12.2. The van der Waals surface area contributed by atoms with Crippen LogP contribution in [0.15, 0.2) is 29.6 Å². The topological polar surface area (TPSA) is 70.5 Å². The molecular formula is C16H18N2O4S. The predicted octanol–water partition coefficient (Wildman–Crippen LogP) is 3.06. The standard InChI is InChI=1S/C16H18N2O4S/c1-5-22-15(19)10-9-17-16(23-4)18-14(10)13-11(20-2)7-6-8-12(13)21-3/h6-9H,5H2,1-4H3. The molecule has 2 rings (SSSR count). The summed E-state index contributed by atoms with van der Waals surface area (Å²) in [6, 6.07) is 5.38. The van der Waals surface area contributed by atoms with E-state index in [0.29, 0.717) is 27.9 Å². The van der Waals surface area contributed by atoms with Gasteiger partial charge in [0.2, 0.25) is 0 Å². The van der Waals surface area contributed by atoms with Crippen molar-refractivity contribution >= 4 is 17.7 Å². The van der Waals surface area contributed by atoms with Gasteiger partial charge in [0.15, 0.2) is 5.16 Å². The summed E-state index contributed by atoms with van der Waals surface area (Å²) in [5, 5.41) is 0.543. The fraction of sp³-hybridized carbons (Fsp3) is 0.312. The average molecular weight is 334 g/mol. The Bertz CT molecular complexity index is 684. The minimum Gasteiger partial charge on any atom is -0.496 e. The molecule has 1 aromatic carbocycles. The first-order valence-corrected chi connectivity index (χ1v) is 8.18. The molecule has 0 aliphatic rings. The number of hydrogen-bond acceptors (Lipinski definition) is 7. The molecule has 0 atom stereocenters. The number of hydrogen-bond donors (Lipinski definition) is 0. The van der Waals surface area contributed by atoms with Gasteiger partial charge in [-0.3, -0.25) is 0 Å². The highest BCUT2D eigenvalue weighted by molar-refractivity contribution is 7.98. The van der Waals surface area contributed by atoms with E-state index in [1.165, 1.54) is 18.0 Å². The number of aromatic nitrogens is 2. The molecule has 0 spiro atoms. The zero-order valence-electron chi connectivity index (χ0n) is 13.5. The van der Waals surface area contributed by atoms with Gasteiger partial charge in [0.1, 0.15) is 17.1 Å². The molecule has 7 heteroatoms. The van der Waals surface area contributed by atoms with E-state index in [9.17, 15) is 4.79 Å². The van der Waals surface area contributed by atoms with Gasteiger partial charge in [-0.15, -0.1) is 0 Å². The zero-order valence-corrected chi connectivity index (χ0v) is 14.3. The van der Waals surface area contributed by atoms with Gasteiger partial charge in [-0.2, -0.15) is 0 Å². The minimum absolute atomic E-state index is 0.269. The van der Waals surface area contributed by atoms with Crippen molar-refractivity contribution in [2.24, 2.45) is 0 Å². The monoisotopic (exact) mass is 334 g/mol. The van der Waals surface area contributed by atoms with Gasteiger partial charge in [0, 0.05) is 6.20 Å². The van der Waals surface area contributed by atoms with Crippen LogP contribution in [-0.2, 0) is 4.74 Å². The van der Waals surface area contributed by atoms with Crippen LogP contribution in [0.1, 0.15) is 17.3 Å². The lowest BCUT2D eigenvalue weighted by molar-refractivity contribution is 0.0526. The van der Waals surface area contributed by atoms with Crippen molar-refractivity contribution in [1.29, 1.82) is 0 Å². The summed E-state index contributed by atoms with van der Waals surface area (Å²) < 4.78 is 15.9. The lowest BCUT2D eigenvalue weighted by Crippen LogP contribution is -2.10. The van der Waals surface area contributed by atoms with E-state index in [0.717, 1.165) is 0 Å². The van der Waals surface area contributed by atoms with Gasteiger partial charge < -0.3 is 14.2 Å². The highest BCUT2D eigenvalue weighted by Gasteiger charge is 2.23. The van der Waals surface area contributed by atoms with Crippen LogP contribution in [0, 0.1) is 0 Å². The summed E-state index contributed by atoms with van der Waals surface area (Å²) >= 11 is 1.38. The summed E-state index contributed by atoms with van der Waals surface area (Å²) in [5.41, 5.74) is 1.29. The molecule has 0 saturated carbocycles. The van der Waals surface area contributed by atoms with E-state index < -0.39 is 5.97 Å². The van der Waals surface area contributed by atoms with Crippen molar-refractivity contribution in [3.63, 3.8) is 0 Å². The predicted molar refractivity (Wildman–Crippen MR) is 88.3 cm³/mol. The van der Waals surface area contributed by atoms with Crippen LogP contribution in [0.2, 0.25) is 0 Å². The molecule has 122 valence electrons. The van der Waals surface area contributed by atoms with Crippen LogP contribution in [-0.4, -0.2) is 43.0 Å². The molecule has 0 fully saturated rings. The van der Waals surface area contributed by atoms with E-state index in [1.807, 2.05) is 12.3 Å². The normalized spacial score (nSPS) is 10.3. The van der Waals surface area contributed by atoms with E-state index in [-0.39, 0.29) is 12.2 Å². The number of carbonyl (C=O) groups excluding carboxylic acids is 1. The Hall–Kier alpha value is -2.28. The zero-order chi connectivity index (χ0) is 16.8. The number of carbonyl (C=O) groups is 1. The van der Waals surface area contributed by atoms with Crippen LogP contribution in [0.3, 0.4) is 0 Å². The van der Waals surface area contributed by atoms with Gasteiger partial charge in [-0.25, -0.2) is 14.8 Å². The van der Waals surface area contributed by atoms with Gasteiger partial charge >= 0.3 is 5.97 Å². The first-order valence-electron chi connectivity index (χ1n) is 6.95. The molecule has 1 aromatic heterocycles. The molecule has 0 aliphatic heterocycles. The van der Waals surface area contributed by atoms with Gasteiger partial charge in [-0.1, -0.05) is 17.8 Å². The molecular weight excluding hydrogens is 316 g/mol. The Morgan fingerprint density at radius 1 is 1.22 bits per heavy atom. The summed E-state index contributed by atoms with van der Waals surface area (Å²) in [5.74, 6) is 0.629. The van der Waals surface area contributed by atoms with Crippen LogP contribution < -0.4 is 9.47 Å². The lowest BCUT2D eigenvalue weighted by Gasteiger charge is -2.15. The number of nitrogens with zero attached hydrogens (tertiary/aromatic N) is 2. The SMILES string of the molecule is CCOC(=O)c1cnc(SC)nc1-c1c(OC)cccc1OC. The van der Waals surface area contributed by atoms with Crippen molar-refractivity contribution in [2.75, 3.05) is 27.1 Å². The second-order valence-electron chi connectivity index (χ2n) is 4.38. The maximum absolute atomic E-state index is 12.2. The van der Waals surface area contributed by atoms with E-state index >= 15 is 0 Å². The average Bonchev–Trinajstić information content (AvgIpc) is 2.60. The highest BCUT2D eigenvalue weighted by Crippen LogP contribution is 2.39. The van der Waals surface area contributed by atoms with E-state index in [1.54, 1.807) is 33.3 Å². The van der Waals surface area contributed by atoms with Crippen molar-refractivity contribution < 1.29 is 19.0 Å². The molecule has 0 saturated heterocycles. The molecule has 0 amide bonds. The van der Waals surface area contributed by atoms with Gasteiger partial charge in [-0.05, 0) is 25.3 Å². The minimum atomic E-state index is -0.483. The number of benzene rings is 1. The second kappa shape index (κ2) is 7.82. The van der Waals surface area contributed by atoms with Crippen molar-refractivity contribution in [3.05, 3.63) is 30.0 Å². The van der Waals surface area contributed by atoms with Crippen LogP contribution in [0.4, 0.5) is 0 Å². The molecule has 23 heavy (non-hydrogen) atoms.